The van der Waals surface area contributed by atoms with Gasteiger partial charge in [-0.05, 0) is 6.07 Å². The fourth-order valence-corrected chi connectivity index (χ4v) is 1.78. The van der Waals surface area contributed by atoms with Crippen molar-refractivity contribution < 1.29 is 9.59 Å². The van der Waals surface area contributed by atoms with Gasteiger partial charge in [-0.2, -0.15) is 0 Å². The van der Waals surface area contributed by atoms with Gasteiger partial charge in [-0.3, -0.25) is 14.6 Å². The van der Waals surface area contributed by atoms with Crippen molar-refractivity contribution in [3.8, 4) is 0 Å². The highest BCUT2D eigenvalue weighted by molar-refractivity contribution is 6.33. The number of amides is 2. The Kier molecular flexibility index (Phi) is 5.09. The molecule has 0 bridgehead atoms. The molecule has 18 heavy (non-hydrogen) atoms. The van der Waals surface area contributed by atoms with E-state index in [0.717, 1.165) is 0 Å². The van der Waals surface area contributed by atoms with Crippen molar-refractivity contribution in [2.24, 2.45) is 5.92 Å². The van der Waals surface area contributed by atoms with Crippen LogP contribution in [0.5, 0.6) is 0 Å². The zero-order valence-corrected chi connectivity index (χ0v) is 11.4. The number of pyridine rings is 1. The molecule has 0 saturated carbocycles. The summed E-state index contributed by atoms with van der Waals surface area (Å²) >= 11 is 5.90. The third-order valence-corrected chi connectivity index (χ3v) is 2.89. The Morgan fingerprint density at radius 2 is 2.22 bits per heavy atom. The lowest BCUT2D eigenvalue weighted by molar-refractivity contribution is -0.124. The third kappa shape index (κ3) is 3.43. The number of rotatable bonds is 4. The molecule has 6 heteroatoms. The van der Waals surface area contributed by atoms with Crippen LogP contribution in [0, 0.1) is 5.92 Å². The summed E-state index contributed by atoms with van der Waals surface area (Å²) in [4.78, 5) is 28.8. The number of aromatic nitrogens is 1. The number of carbonyl (C=O) groups is 2. The predicted octanol–water partition coefficient (Wildman–Crippen LogP) is 1.19. The average molecular weight is 270 g/mol. The summed E-state index contributed by atoms with van der Waals surface area (Å²) < 4.78 is 0. The van der Waals surface area contributed by atoms with Crippen molar-refractivity contribution in [3.63, 3.8) is 0 Å². The molecule has 5 nitrogen and oxygen atoms in total. The first kappa shape index (κ1) is 14.4. The minimum Gasteiger partial charge on any atom is -0.359 e. The summed E-state index contributed by atoms with van der Waals surface area (Å²) in [6, 6.07) is 1.56. The van der Waals surface area contributed by atoms with Gasteiger partial charge >= 0.3 is 0 Å². The summed E-state index contributed by atoms with van der Waals surface area (Å²) in [7, 11) is 3.21. The van der Waals surface area contributed by atoms with Crippen LogP contribution in [0.2, 0.25) is 5.02 Å². The van der Waals surface area contributed by atoms with Crippen LogP contribution in [0.15, 0.2) is 18.5 Å². The van der Waals surface area contributed by atoms with E-state index in [1.807, 2.05) is 0 Å². The third-order valence-electron chi connectivity index (χ3n) is 2.59. The van der Waals surface area contributed by atoms with Crippen LogP contribution in [0.3, 0.4) is 0 Å². The molecule has 1 heterocycles. The number of hydrogen-bond acceptors (Lipinski definition) is 3. The van der Waals surface area contributed by atoms with Crippen molar-refractivity contribution in [3.05, 3.63) is 29.0 Å². The minimum absolute atomic E-state index is 0.101. The van der Waals surface area contributed by atoms with Gasteiger partial charge in [-0.1, -0.05) is 18.5 Å². The second-order valence-corrected chi connectivity index (χ2v) is 4.46. The van der Waals surface area contributed by atoms with Crippen LogP contribution in [0.1, 0.15) is 17.3 Å². The average Bonchev–Trinajstić information content (AvgIpc) is 2.37. The number of nitrogens with zero attached hydrogens (tertiary/aromatic N) is 2. The first-order chi connectivity index (χ1) is 8.47. The van der Waals surface area contributed by atoms with Crippen LogP contribution < -0.4 is 5.32 Å². The molecule has 1 N–H and O–H groups in total. The SMILES string of the molecule is CNC(=O)C(C)CN(C)C(=O)c1ccncc1Cl. The lowest BCUT2D eigenvalue weighted by Crippen LogP contribution is -2.37. The molecule has 1 aromatic rings. The van der Waals surface area contributed by atoms with E-state index in [2.05, 4.69) is 10.3 Å². The monoisotopic (exact) mass is 269 g/mol. The van der Waals surface area contributed by atoms with Gasteiger partial charge in [0.2, 0.25) is 5.91 Å². The van der Waals surface area contributed by atoms with Crippen LogP contribution >= 0.6 is 11.6 Å². The highest BCUT2D eigenvalue weighted by atomic mass is 35.5. The van der Waals surface area contributed by atoms with Gasteiger partial charge in [0.1, 0.15) is 0 Å². The quantitative estimate of drug-likeness (QED) is 0.893. The number of nitrogens with one attached hydrogen (secondary N) is 1. The van der Waals surface area contributed by atoms with E-state index in [-0.39, 0.29) is 17.7 Å². The smallest absolute Gasteiger partial charge is 0.255 e. The Bertz CT molecular complexity index is 451. The molecule has 0 aromatic carbocycles. The molecule has 0 aliphatic heterocycles. The van der Waals surface area contributed by atoms with Crippen molar-refractivity contribution >= 4 is 23.4 Å². The van der Waals surface area contributed by atoms with Gasteiger partial charge in [0.25, 0.3) is 5.91 Å². The van der Waals surface area contributed by atoms with Gasteiger partial charge in [-0.25, -0.2) is 0 Å². The second-order valence-electron chi connectivity index (χ2n) is 4.06. The molecule has 0 radical (unpaired) electrons. The zero-order chi connectivity index (χ0) is 13.7. The lowest BCUT2D eigenvalue weighted by atomic mass is 10.1. The molecule has 98 valence electrons. The molecule has 1 aromatic heterocycles. The van der Waals surface area contributed by atoms with Crippen LogP contribution in [-0.2, 0) is 4.79 Å². The molecular weight excluding hydrogens is 254 g/mol. The minimum atomic E-state index is -0.274. The van der Waals surface area contributed by atoms with Gasteiger partial charge in [0, 0.05) is 33.0 Å². The fourth-order valence-electron chi connectivity index (χ4n) is 1.58. The van der Waals surface area contributed by atoms with Crippen molar-refractivity contribution in [1.82, 2.24) is 15.2 Å². The van der Waals surface area contributed by atoms with Crippen molar-refractivity contribution in [2.75, 3.05) is 20.6 Å². The molecule has 0 aliphatic carbocycles. The molecular formula is C12H16ClN3O2. The van der Waals surface area contributed by atoms with Crippen LogP contribution in [-0.4, -0.2) is 42.3 Å². The Hall–Kier alpha value is -1.62. The largest absolute Gasteiger partial charge is 0.359 e. The standard InChI is InChI=1S/C12H16ClN3O2/c1-8(11(17)14-2)7-16(3)12(18)9-4-5-15-6-10(9)13/h4-6,8H,7H2,1-3H3,(H,14,17). The van der Waals surface area contributed by atoms with Gasteiger partial charge < -0.3 is 10.2 Å². The van der Waals surface area contributed by atoms with Crippen molar-refractivity contribution in [1.29, 1.82) is 0 Å². The Labute approximate surface area is 111 Å². The lowest BCUT2D eigenvalue weighted by Gasteiger charge is -2.21. The maximum Gasteiger partial charge on any atom is 0.255 e. The Balaban J connectivity index is 2.74. The first-order valence-electron chi connectivity index (χ1n) is 5.54. The Morgan fingerprint density at radius 3 is 2.78 bits per heavy atom. The summed E-state index contributed by atoms with van der Waals surface area (Å²) in [5.41, 5.74) is 0.387. The molecule has 0 saturated heterocycles. The second kappa shape index (κ2) is 6.35. The maximum atomic E-state index is 12.1. The Morgan fingerprint density at radius 1 is 1.56 bits per heavy atom. The molecule has 1 unspecified atom stereocenters. The summed E-state index contributed by atoms with van der Waals surface area (Å²) in [6.07, 6.45) is 2.93. The van der Waals surface area contributed by atoms with E-state index in [0.29, 0.717) is 17.1 Å². The number of halogens is 1. The summed E-state index contributed by atoms with van der Waals surface area (Å²) in [5.74, 6) is -0.599. The van der Waals surface area contributed by atoms with E-state index >= 15 is 0 Å². The highest BCUT2D eigenvalue weighted by Gasteiger charge is 2.19. The van der Waals surface area contributed by atoms with E-state index in [1.165, 1.54) is 17.3 Å². The van der Waals surface area contributed by atoms with Crippen LogP contribution in [0.4, 0.5) is 0 Å². The maximum absolute atomic E-state index is 12.1. The zero-order valence-electron chi connectivity index (χ0n) is 10.6. The molecule has 1 atom stereocenters. The number of hydrogen-bond donors (Lipinski definition) is 1. The van der Waals surface area contributed by atoms with Gasteiger partial charge in [-0.15, -0.1) is 0 Å². The van der Waals surface area contributed by atoms with Gasteiger partial charge in [0.05, 0.1) is 16.5 Å². The molecule has 0 aliphatic rings. The van der Waals surface area contributed by atoms with Crippen molar-refractivity contribution in [2.45, 2.75) is 6.92 Å². The van der Waals surface area contributed by atoms with E-state index in [1.54, 1.807) is 27.1 Å². The molecule has 1 rings (SSSR count). The normalized spacial score (nSPS) is 11.8. The fraction of sp³-hybridized carbons (Fsp3) is 0.417. The van der Waals surface area contributed by atoms with Crippen LogP contribution in [0.25, 0.3) is 0 Å². The predicted molar refractivity (Wildman–Crippen MR) is 69.4 cm³/mol. The highest BCUT2D eigenvalue weighted by Crippen LogP contribution is 2.15. The van der Waals surface area contributed by atoms with E-state index < -0.39 is 0 Å². The molecule has 0 spiro atoms. The first-order valence-corrected chi connectivity index (χ1v) is 5.91. The summed E-state index contributed by atoms with van der Waals surface area (Å²) in [5, 5.41) is 2.85. The van der Waals surface area contributed by atoms with Gasteiger partial charge in [0.15, 0.2) is 0 Å². The topological polar surface area (TPSA) is 62.3 Å². The summed E-state index contributed by atoms with van der Waals surface area (Å²) in [6.45, 7) is 2.09. The van der Waals surface area contributed by atoms with E-state index in [9.17, 15) is 9.59 Å². The molecule has 0 fully saturated rings. The molecule has 2 amide bonds. The van der Waals surface area contributed by atoms with E-state index in [4.69, 9.17) is 11.6 Å². The number of carbonyl (C=O) groups excluding carboxylic acids is 2.